The first-order chi connectivity index (χ1) is 9.93. The fourth-order valence-corrected chi connectivity index (χ4v) is 3.91. The lowest BCUT2D eigenvalue weighted by molar-refractivity contribution is 0.202. The number of likely N-dealkylation sites (tertiary alicyclic amines) is 1. The Bertz CT molecular complexity index is 629. The lowest BCUT2D eigenvalue weighted by Gasteiger charge is -2.31. The van der Waals surface area contributed by atoms with Crippen LogP contribution in [0.15, 0.2) is 29.2 Å². The summed E-state index contributed by atoms with van der Waals surface area (Å²) in [6.07, 6.45) is 2.04. The third-order valence-electron chi connectivity index (χ3n) is 4.02. The Morgan fingerprint density at radius 2 is 2.05 bits per heavy atom. The number of hydrogen-bond acceptors (Lipinski definition) is 4. The minimum atomic E-state index is -3.52. The van der Waals surface area contributed by atoms with Crippen molar-refractivity contribution in [2.45, 2.75) is 17.7 Å². The number of rotatable bonds is 4. The Morgan fingerprint density at radius 1 is 1.38 bits per heavy atom. The number of nitriles is 1. The highest BCUT2D eigenvalue weighted by Gasteiger charge is 2.25. The van der Waals surface area contributed by atoms with Crippen molar-refractivity contribution >= 4 is 10.0 Å². The zero-order valence-electron chi connectivity index (χ0n) is 12.5. The van der Waals surface area contributed by atoms with Gasteiger partial charge in [0.1, 0.15) is 0 Å². The van der Waals surface area contributed by atoms with Crippen molar-refractivity contribution in [3.63, 3.8) is 0 Å². The Hall–Kier alpha value is -1.42. The molecule has 0 atom stereocenters. The lowest BCUT2D eigenvalue weighted by atomic mass is 9.97. The Balaban J connectivity index is 2.09. The molecule has 1 aliphatic heterocycles. The monoisotopic (exact) mass is 307 g/mol. The van der Waals surface area contributed by atoms with E-state index in [2.05, 4.69) is 11.9 Å². The van der Waals surface area contributed by atoms with Crippen LogP contribution in [-0.4, -0.2) is 51.4 Å². The summed E-state index contributed by atoms with van der Waals surface area (Å²) in [6.45, 7) is 2.57. The van der Waals surface area contributed by atoms with Crippen LogP contribution in [0.1, 0.15) is 18.4 Å². The molecule has 0 amide bonds. The second kappa shape index (κ2) is 6.56. The summed E-state index contributed by atoms with van der Waals surface area (Å²) < 4.78 is 26.5. The lowest BCUT2D eigenvalue weighted by Crippen LogP contribution is -2.37. The molecular formula is C15H21N3O2S. The van der Waals surface area contributed by atoms with Gasteiger partial charge in [0.05, 0.1) is 16.5 Å². The van der Waals surface area contributed by atoms with E-state index in [0.29, 0.717) is 18.0 Å². The number of hydrogen-bond donors (Lipinski definition) is 0. The summed E-state index contributed by atoms with van der Waals surface area (Å²) in [5.41, 5.74) is 0.365. The van der Waals surface area contributed by atoms with Crippen LogP contribution in [0, 0.1) is 17.2 Å². The van der Waals surface area contributed by atoms with E-state index in [-0.39, 0.29) is 4.90 Å². The van der Waals surface area contributed by atoms with Crippen LogP contribution in [0.4, 0.5) is 0 Å². The van der Waals surface area contributed by atoms with E-state index >= 15 is 0 Å². The van der Waals surface area contributed by atoms with Crippen molar-refractivity contribution < 1.29 is 8.42 Å². The quantitative estimate of drug-likeness (QED) is 0.846. The molecule has 0 saturated carbocycles. The fraction of sp³-hybridized carbons (Fsp3) is 0.533. The molecule has 1 aromatic carbocycles. The van der Waals surface area contributed by atoms with Crippen LogP contribution < -0.4 is 0 Å². The smallest absolute Gasteiger partial charge is 0.242 e. The normalized spacial score (nSPS) is 17.8. The molecule has 0 unspecified atom stereocenters. The summed E-state index contributed by atoms with van der Waals surface area (Å²) in [6, 6.07) is 8.16. The van der Waals surface area contributed by atoms with Crippen molar-refractivity contribution in [3.05, 3.63) is 29.8 Å². The van der Waals surface area contributed by atoms with Crippen LogP contribution in [0.5, 0.6) is 0 Å². The van der Waals surface area contributed by atoms with Gasteiger partial charge in [-0.25, -0.2) is 12.7 Å². The van der Waals surface area contributed by atoms with Crippen LogP contribution in [-0.2, 0) is 10.0 Å². The van der Waals surface area contributed by atoms with Crippen molar-refractivity contribution in [2.24, 2.45) is 5.92 Å². The number of sulfonamides is 1. The third-order valence-corrected chi connectivity index (χ3v) is 5.84. The second-order valence-electron chi connectivity index (χ2n) is 5.67. The number of piperidine rings is 1. The van der Waals surface area contributed by atoms with Gasteiger partial charge in [0, 0.05) is 13.6 Å². The minimum absolute atomic E-state index is 0.192. The van der Waals surface area contributed by atoms with Gasteiger partial charge in [-0.1, -0.05) is 6.07 Å². The largest absolute Gasteiger partial charge is 0.306 e. The highest BCUT2D eigenvalue weighted by molar-refractivity contribution is 7.89. The second-order valence-corrected chi connectivity index (χ2v) is 7.72. The van der Waals surface area contributed by atoms with Gasteiger partial charge >= 0.3 is 0 Å². The Morgan fingerprint density at radius 3 is 2.67 bits per heavy atom. The molecule has 21 heavy (non-hydrogen) atoms. The van der Waals surface area contributed by atoms with Crippen molar-refractivity contribution in [3.8, 4) is 6.07 Å². The van der Waals surface area contributed by atoms with E-state index in [1.165, 1.54) is 10.4 Å². The first-order valence-electron chi connectivity index (χ1n) is 7.08. The average Bonchev–Trinajstić information content (AvgIpc) is 2.49. The Kier molecular flexibility index (Phi) is 4.99. The predicted octanol–water partition coefficient (Wildman–Crippen LogP) is 1.52. The molecule has 0 aliphatic carbocycles. The summed E-state index contributed by atoms with van der Waals surface area (Å²) >= 11 is 0. The van der Waals surface area contributed by atoms with Gasteiger partial charge in [0.15, 0.2) is 0 Å². The molecule has 1 heterocycles. The van der Waals surface area contributed by atoms with E-state index in [9.17, 15) is 8.42 Å². The van der Waals surface area contributed by atoms with E-state index in [0.717, 1.165) is 25.9 Å². The molecule has 0 spiro atoms. The third kappa shape index (κ3) is 3.82. The molecule has 6 heteroatoms. The maximum absolute atomic E-state index is 12.5. The van der Waals surface area contributed by atoms with Gasteiger partial charge in [0.25, 0.3) is 0 Å². The summed E-state index contributed by atoms with van der Waals surface area (Å²) in [5.74, 6) is 0.403. The summed E-state index contributed by atoms with van der Waals surface area (Å²) in [7, 11) is 0.189. The number of benzene rings is 1. The maximum Gasteiger partial charge on any atom is 0.242 e. The van der Waals surface area contributed by atoms with E-state index in [1.54, 1.807) is 25.2 Å². The molecule has 2 rings (SSSR count). The zero-order chi connectivity index (χ0) is 15.5. The van der Waals surface area contributed by atoms with Gasteiger partial charge in [-0.2, -0.15) is 5.26 Å². The van der Waals surface area contributed by atoms with E-state index < -0.39 is 10.0 Å². The topological polar surface area (TPSA) is 64.4 Å². The van der Waals surface area contributed by atoms with Crippen LogP contribution >= 0.6 is 0 Å². The molecule has 1 saturated heterocycles. The van der Waals surface area contributed by atoms with Gasteiger partial charge in [-0.3, -0.25) is 0 Å². The van der Waals surface area contributed by atoms with E-state index in [4.69, 9.17) is 5.26 Å². The Labute approximate surface area is 126 Å². The van der Waals surface area contributed by atoms with Gasteiger partial charge in [-0.15, -0.1) is 0 Å². The number of nitrogens with zero attached hydrogens (tertiary/aromatic N) is 3. The van der Waals surface area contributed by atoms with Crippen molar-refractivity contribution in [2.75, 3.05) is 33.7 Å². The van der Waals surface area contributed by atoms with Crippen LogP contribution in [0.2, 0.25) is 0 Å². The first-order valence-corrected chi connectivity index (χ1v) is 8.52. The average molecular weight is 307 g/mol. The zero-order valence-corrected chi connectivity index (χ0v) is 13.3. The molecule has 0 bridgehead atoms. The molecule has 0 radical (unpaired) electrons. The van der Waals surface area contributed by atoms with Crippen LogP contribution in [0.25, 0.3) is 0 Å². The fourth-order valence-electron chi connectivity index (χ4n) is 2.61. The maximum atomic E-state index is 12.5. The standard InChI is InChI=1S/C15H21N3O2S/c1-17-8-6-13(7-9-17)12-18(2)21(19,20)15-5-3-4-14(10-15)11-16/h3-5,10,13H,6-9,12H2,1-2H3. The molecule has 114 valence electrons. The summed E-state index contributed by atoms with van der Waals surface area (Å²) in [4.78, 5) is 2.46. The highest BCUT2D eigenvalue weighted by Crippen LogP contribution is 2.21. The molecule has 1 aliphatic rings. The van der Waals surface area contributed by atoms with Gasteiger partial charge in [0.2, 0.25) is 10.0 Å². The minimum Gasteiger partial charge on any atom is -0.306 e. The van der Waals surface area contributed by atoms with Crippen molar-refractivity contribution in [1.29, 1.82) is 5.26 Å². The molecule has 1 fully saturated rings. The first kappa shape index (κ1) is 16.0. The molecule has 5 nitrogen and oxygen atoms in total. The summed E-state index contributed by atoms with van der Waals surface area (Å²) in [5, 5.41) is 8.89. The molecule has 0 N–H and O–H groups in total. The van der Waals surface area contributed by atoms with Gasteiger partial charge < -0.3 is 4.90 Å². The van der Waals surface area contributed by atoms with E-state index in [1.807, 2.05) is 6.07 Å². The molecule has 1 aromatic rings. The SMILES string of the molecule is CN1CCC(CN(C)S(=O)(=O)c2cccc(C#N)c2)CC1. The molecular weight excluding hydrogens is 286 g/mol. The predicted molar refractivity (Wildman–Crippen MR) is 81.2 cm³/mol. The van der Waals surface area contributed by atoms with Crippen molar-refractivity contribution in [1.82, 2.24) is 9.21 Å². The highest BCUT2D eigenvalue weighted by atomic mass is 32.2. The van der Waals surface area contributed by atoms with Gasteiger partial charge in [-0.05, 0) is 57.1 Å². The molecule has 0 aromatic heterocycles. The van der Waals surface area contributed by atoms with Crippen LogP contribution in [0.3, 0.4) is 0 Å².